The van der Waals surface area contributed by atoms with E-state index in [0.29, 0.717) is 12.3 Å². The molecule has 88 valence electrons. The van der Waals surface area contributed by atoms with Crippen LogP contribution in [-0.4, -0.2) is 17.6 Å². The minimum absolute atomic E-state index is 0.356. The summed E-state index contributed by atoms with van der Waals surface area (Å²) in [6, 6.07) is 9.76. The van der Waals surface area contributed by atoms with Crippen molar-refractivity contribution in [1.29, 1.82) is 0 Å². The molecule has 0 N–H and O–H groups in total. The summed E-state index contributed by atoms with van der Waals surface area (Å²) < 4.78 is 5.84. The summed E-state index contributed by atoms with van der Waals surface area (Å²) in [5.74, 6) is -0.356. The van der Waals surface area contributed by atoms with Gasteiger partial charge in [0.1, 0.15) is 0 Å². The SMILES string of the molecule is CCOC(=O)c1nc(I)sc1-c1ccccc1. The zero-order chi connectivity index (χ0) is 12.3. The molecular weight excluding hydrogens is 349 g/mol. The van der Waals surface area contributed by atoms with Crippen LogP contribution in [0.1, 0.15) is 17.4 Å². The van der Waals surface area contributed by atoms with Crippen LogP contribution < -0.4 is 0 Å². The molecule has 0 spiro atoms. The van der Waals surface area contributed by atoms with Gasteiger partial charge in [-0.05, 0) is 35.1 Å². The van der Waals surface area contributed by atoms with Gasteiger partial charge in [-0.2, -0.15) is 0 Å². The van der Waals surface area contributed by atoms with E-state index < -0.39 is 0 Å². The first kappa shape index (κ1) is 12.5. The highest BCUT2D eigenvalue weighted by atomic mass is 127. The fraction of sp³-hybridized carbons (Fsp3) is 0.167. The van der Waals surface area contributed by atoms with Gasteiger partial charge in [-0.1, -0.05) is 30.3 Å². The van der Waals surface area contributed by atoms with E-state index in [9.17, 15) is 4.79 Å². The molecule has 0 fully saturated rings. The van der Waals surface area contributed by atoms with E-state index in [4.69, 9.17) is 4.74 Å². The minimum atomic E-state index is -0.356. The Kier molecular flexibility index (Phi) is 4.11. The Bertz CT molecular complexity index is 525. The second kappa shape index (κ2) is 5.59. The zero-order valence-corrected chi connectivity index (χ0v) is 12.1. The molecule has 1 aromatic heterocycles. The molecular formula is C12H10INO2S. The van der Waals surface area contributed by atoms with Crippen molar-refractivity contribution in [3.05, 3.63) is 39.0 Å². The summed E-state index contributed by atoms with van der Waals surface area (Å²) in [5.41, 5.74) is 1.41. The monoisotopic (exact) mass is 359 g/mol. The summed E-state index contributed by atoms with van der Waals surface area (Å²) in [7, 11) is 0. The highest BCUT2D eigenvalue weighted by molar-refractivity contribution is 14.1. The van der Waals surface area contributed by atoms with Gasteiger partial charge in [-0.15, -0.1) is 11.3 Å². The average molecular weight is 359 g/mol. The van der Waals surface area contributed by atoms with Gasteiger partial charge in [-0.3, -0.25) is 0 Å². The van der Waals surface area contributed by atoms with Crippen molar-refractivity contribution in [2.45, 2.75) is 6.92 Å². The topological polar surface area (TPSA) is 39.2 Å². The lowest BCUT2D eigenvalue weighted by Gasteiger charge is -2.01. The van der Waals surface area contributed by atoms with Crippen molar-refractivity contribution in [3.63, 3.8) is 0 Å². The lowest BCUT2D eigenvalue weighted by Crippen LogP contribution is -2.06. The molecule has 5 heteroatoms. The Labute approximate surface area is 117 Å². The van der Waals surface area contributed by atoms with Crippen molar-refractivity contribution >= 4 is 39.9 Å². The van der Waals surface area contributed by atoms with E-state index in [0.717, 1.165) is 13.5 Å². The number of ether oxygens (including phenoxy) is 1. The van der Waals surface area contributed by atoms with Crippen LogP contribution in [-0.2, 0) is 4.74 Å². The summed E-state index contributed by atoms with van der Waals surface area (Å²) in [6.07, 6.45) is 0. The molecule has 0 aliphatic heterocycles. The molecule has 2 aromatic rings. The van der Waals surface area contributed by atoms with E-state index in [1.54, 1.807) is 6.92 Å². The van der Waals surface area contributed by atoms with Crippen LogP contribution in [0.25, 0.3) is 10.4 Å². The molecule has 0 bridgehead atoms. The maximum atomic E-state index is 11.8. The maximum absolute atomic E-state index is 11.8. The van der Waals surface area contributed by atoms with Crippen molar-refractivity contribution < 1.29 is 9.53 Å². The van der Waals surface area contributed by atoms with Gasteiger partial charge in [-0.25, -0.2) is 9.78 Å². The zero-order valence-electron chi connectivity index (χ0n) is 9.14. The van der Waals surface area contributed by atoms with E-state index >= 15 is 0 Å². The van der Waals surface area contributed by atoms with Crippen LogP contribution in [0.15, 0.2) is 30.3 Å². The smallest absolute Gasteiger partial charge is 0.358 e. The molecule has 0 unspecified atom stereocenters. The number of benzene rings is 1. The molecule has 1 heterocycles. The van der Waals surface area contributed by atoms with E-state index in [1.165, 1.54) is 11.3 Å². The second-order valence-corrected chi connectivity index (χ2v) is 5.98. The van der Waals surface area contributed by atoms with Crippen LogP contribution in [0.5, 0.6) is 0 Å². The van der Waals surface area contributed by atoms with Gasteiger partial charge in [0, 0.05) is 0 Å². The lowest BCUT2D eigenvalue weighted by atomic mass is 10.1. The standard InChI is InChI=1S/C12H10INO2S/c1-2-16-11(15)9-10(17-12(13)14-9)8-6-4-3-5-7-8/h3-7H,2H2,1H3. The number of carbonyl (C=O) groups is 1. The molecule has 0 saturated heterocycles. The number of carbonyl (C=O) groups excluding carboxylic acids is 1. The summed E-state index contributed by atoms with van der Waals surface area (Å²) >= 11 is 3.61. The predicted octanol–water partition coefficient (Wildman–Crippen LogP) is 3.59. The molecule has 0 atom stereocenters. The Morgan fingerprint density at radius 3 is 2.76 bits per heavy atom. The number of hydrogen-bond acceptors (Lipinski definition) is 4. The lowest BCUT2D eigenvalue weighted by molar-refractivity contribution is 0.0521. The normalized spacial score (nSPS) is 10.2. The molecule has 0 amide bonds. The Morgan fingerprint density at radius 2 is 2.12 bits per heavy atom. The fourth-order valence-electron chi connectivity index (χ4n) is 1.42. The molecule has 0 aliphatic carbocycles. The number of halogens is 1. The quantitative estimate of drug-likeness (QED) is 0.621. The summed E-state index contributed by atoms with van der Waals surface area (Å²) in [6.45, 7) is 2.15. The highest BCUT2D eigenvalue weighted by Gasteiger charge is 2.19. The first-order chi connectivity index (χ1) is 8.22. The summed E-state index contributed by atoms with van der Waals surface area (Å²) in [4.78, 5) is 16.9. The van der Waals surface area contributed by atoms with Gasteiger partial charge in [0.2, 0.25) is 0 Å². The molecule has 0 radical (unpaired) electrons. The van der Waals surface area contributed by atoms with Gasteiger partial charge < -0.3 is 4.74 Å². The third-order valence-corrected chi connectivity index (χ3v) is 3.90. The Morgan fingerprint density at radius 1 is 1.41 bits per heavy atom. The number of nitrogens with zero attached hydrogens (tertiary/aromatic N) is 1. The van der Waals surface area contributed by atoms with Crippen molar-refractivity contribution in [2.24, 2.45) is 0 Å². The van der Waals surface area contributed by atoms with E-state index in [1.807, 2.05) is 30.3 Å². The highest BCUT2D eigenvalue weighted by Crippen LogP contribution is 2.31. The van der Waals surface area contributed by atoms with Gasteiger partial charge >= 0.3 is 5.97 Å². The molecule has 0 saturated carbocycles. The van der Waals surface area contributed by atoms with Crippen LogP contribution in [0.2, 0.25) is 0 Å². The van der Waals surface area contributed by atoms with Gasteiger partial charge in [0.15, 0.2) is 8.71 Å². The maximum Gasteiger partial charge on any atom is 0.358 e. The summed E-state index contributed by atoms with van der Waals surface area (Å²) in [5, 5.41) is 0. The van der Waals surface area contributed by atoms with Crippen molar-refractivity contribution in [2.75, 3.05) is 6.61 Å². The van der Waals surface area contributed by atoms with Crippen LogP contribution >= 0.6 is 33.9 Å². The van der Waals surface area contributed by atoms with Crippen LogP contribution in [0.3, 0.4) is 0 Å². The first-order valence-corrected chi connectivity index (χ1v) is 7.00. The number of hydrogen-bond donors (Lipinski definition) is 0. The molecule has 17 heavy (non-hydrogen) atoms. The van der Waals surface area contributed by atoms with Gasteiger partial charge in [0.25, 0.3) is 0 Å². The predicted molar refractivity (Wildman–Crippen MR) is 76.2 cm³/mol. The number of esters is 1. The molecule has 3 nitrogen and oxygen atoms in total. The van der Waals surface area contributed by atoms with Crippen molar-refractivity contribution in [1.82, 2.24) is 4.98 Å². The molecule has 0 aliphatic rings. The molecule has 1 aromatic carbocycles. The van der Waals surface area contributed by atoms with Crippen LogP contribution in [0, 0.1) is 3.01 Å². The van der Waals surface area contributed by atoms with Gasteiger partial charge in [0.05, 0.1) is 11.5 Å². The van der Waals surface area contributed by atoms with E-state index in [2.05, 4.69) is 27.6 Å². The number of rotatable bonds is 3. The van der Waals surface area contributed by atoms with Crippen molar-refractivity contribution in [3.8, 4) is 10.4 Å². The third kappa shape index (κ3) is 2.84. The molecule has 2 rings (SSSR count). The van der Waals surface area contributed by atoms with Crippen LogP contribution in [0.4, 0.5) is 0 Å². The Balaban J connectivity index is 2.44. The third-order valence-electron chi connectivity index (χ3n) is 2.11. The second-order valence-electron chi connectivity index (χ2n) is 3.23. The number of thiazole rings is 1. The first-order valence-electron chi connectivity index (χ1n) is 5.11. The fourth-order valence-corrected chi connectivity index (χ4v) is 3.10. The average Bonchev–Trinajstić information content (AvgIpc) is 2.73. The largest absolute Gasteiger partial charge is 0.461 e. The number of aromatic nitrogens is 1. The minimum Gasteiger partial charge on any atom is -0.461 e. The van der Waals surface area contributed by atoms with E-state index in [-0.39, 0.29) is 5.97 Å². The Hall–Kier alpha value is -0.950.